The van der Waals surface area contributed by atoms with Gasteiger partial charge in [0.25, 0.3) is 0 Å². The van der Waals surface area contributed by atoms with Crippen LogP contribution in [0.3, 0.4) is 0 Å². The van der Waals surface area contributed by atoms with E-state index in [2.05, 4.69) is 30.1 Å². The zero-order chi connectivity index (χ0) is 15.2. The topological polar surface area (TPSA) is 63.9 Å². The lowest BCUT2D eigenvalue weighted by Crippen LogP contribution is -2.01. The molecule has 0 amide bonds. The summed E-state index contributed by atoms with van der Waals surface area (Å²) in [6.07, 6.45) is 4.66. The minimum absolute atomic E-state index is 0.468. The number of unbranched alkanes of at least 4 members (excludes halogenated alkanes) is 1. The molecule has 0 saturated heterocycles. The van der Waals surface area contributed by atoms with E-state index >= 15 is 0 Å². The number of aromatic nitrogens is 2. The minimum Gasteiger partial charge on any atom is -0.497 e. The number of hydrogen-bond acceptors (Lipinski definition) is 3. The largest absolute Gasteiger partial charge is 0.497 e. The summed E-state index contributed by atoms with van der Waals surface area (Å²) in [7, 11) is 1.68. The first-order valence-corrected chi connectivity index (χ1v) is 7.69. The molecule has 0 bridgehead atoms. The molecule has 0 aliphatic rings. The quantitative estimate of drug-likeness (QED) is 0.795. The molecule has 1 unspecified atom stereocenters. The first-order valence-electron chi connectivity index (χ1n) is 7.69. The summed E-state index contributed by atoms with van der Waals surface area (Å²) in [5, 5.41) is 7.39. The van der Waals surface area contributed by atoms with Gasteiger partial charge in [0.2, 0.25) is 0 Å². The lowest BCUT2D eigenvalue weighted by molar-refractivity contribution is 0.415. The lowest BCUT2D eigenvalue weighted by atomic mass is 9.91. The van der Waals surface area contributed by atoms with Crippen LogP contribution in [0.2, 0.25) is 0 Å². The average molecular weight is 287 g/mol. The molecule has 0 saturated carbocycles. The molecule has 4 heteroatoms. The second kappa shape index (κ2) is 7.16. The third-order valence-electron chi connectivity index (χ3n) is 3.99. The van der Waals surface area contributed by atoms with Gasteiger partial charge in [0.1, 0.15) is 5.75 Å². The maximum absolute atomic E-state index is 6.10. The van der Waals surface area contributed by atoms with Gasteiger partial charge in [-0.15, -0.1) is 0 Å². The van der Waals surface area contributed by atoms with Crippen molar-refractivity contribution in [1.29, 1.82) is 0 Å². The zero-order valence-corrected chi connectivity index (χ0v) is 13.1. The molecular weight excluding hydrogens is 262 g/mol. The summed E-state index contributed by atoms with van der Waals surface area (Å²) in [4.78, 5) is 0. The molecule has 1 aromatic heterocycles. The van der Waals surface area contributed by atoms with Crippen molar-refractivity contribution in [3.63, 3.8) is 0 Å². The highest BCUT2D eigenvalue weighted by atomic mass is 16.5. The second-order valence-corrected chi connectivity index (χ2v) is 5.38. The van der Waals surface area contributed by atoms with Crippen molar-refractivity contribution in [3.05, 3.63) is 30.0 Å². The highest BCUT2D eigenvalue weighted by Crippen LogP contribution is 2.37. The third-order valence-corrected chi connectivity index (χ3v) is 3.99. The number of aromatic amines is 1. The molecule has 1 aromatic carbocycles. The van der Waals surface area contributed by atoms with Gasteiger partial charge in [-0.3, -0.25) is 5.10 Å². The molecule has 21 heavy (non-hydrogen) atoms. The van der Waals surface area contributed by atoms with Crippen LogP contribution in [-0.2, 0) is 0 Å². The van der Waals surface area contributed by atoms with Gasteiger partial charge in [0, 0.05) is 17.2 Å². The van der Waals surface area contributed by atoms with Crippen molar-refractivity contribution in [3.8, 4) is 16.9 Å². The highest BCUT2D eigenvalue weighted by molar-refractivity contribution is 5.77. The number of ether oxygens (including phenoxy) is 1. The van der Waals surface area contributed by atoms with Crippen LogP contribution < -0.4 is 10.5 Å². The molecule has 0 aliphatic heterocycles. The Hall–Kier alpha value is -1.97. The maximum Gasteiger partial charge on any atom is 0.153 e. The van der Waals surface area contributed by atoms with Crippen LogP contribution in [0.15, 0.2) is 24.3 Å². The van der Waals surface area contributed by atoms with Crippen LogP contribution in [0.5, 0.6) is 5.75 Å². The van der Waals surface area contributed by atoms with Gasteiger partial charge >= 0.3 is 0 Å². The molecule has 2 aromatic rings. The fraction of sp³-hybridized carbons (Fsp3) is 0.471. The number of anilines is 1. The summed E-state index contributed by atoms with van der Waals surface area (Å²) in [6, 6.07) is 7.99. The summed E-state index contributed by atoms with van der Waals surface area (Å²) < 4.78 is 5.31. The molecule has 1 heterocycles. The average Bonchev–Trinajstić information content (AvgIpc) is 2.90. The van der Waals surface area contributed by atoms with Crippen molar-refractivity contribution in [1.82, 2.24) is 10.2 Å². The number of nitrogens with zero attached hydrogens (tertiary/aromatic N) is 1. The zero-order valence-electron chi connectivity index (χ0n) is 13.1. The van der Waals surface area contributed by atoms with Crippen LogP contribution >= 0.6 is 0 Å². The summed E-state index contributed by atoms with van der Waals surface area (Å²) in [5.41, 5.74) is 9.34. The van der Waals surface area contributed by atoms with Crippen molar-refractivity contribution in [2.45, 2.75) is 45.4 Å². The van der Waals surface area contributed by atoms with Crippen molar-refractivity contribution in [2.24, 2.45) is 0 Å². The van der Waals surface area contributed by atoms with Gasteiger partial charge in [0.15, 0.2) is 5.82 Å². The van der Waals surface area contributed by atoms with E-state index in [1.165, 1.54) is 12.8 Å². The summed E-state index contributed by atoms with van der Waals surface area (Å²) in [5.74, 6) is 1.87. The lowest BCUT2D eigenvalue weighted by Gasteiger charge is -2.15. The van der Waals surface area contributed by atoms with Gasteiger partial charge in [-0.2, -0.15) is 5.10 Å². The van der Waals surface area contributed by atoms with E-state index < -0.39 is 0 Å². The minimum atomic E-state index is 0.468. The van der Waals surface area contributed by atoms with Crippen molar-refractivity contribution < 1.29 is 4.74 Å². The number of benzene rings is 1. The van der Waals surface area contributed by atoms with Crippen LogP contribution in [0.1, 0.15) is 51.1 Å². The first-order chi connectivity index (χ1) is 10.2. The van der Waals surface area contributed by atoms with Crippen LogP contribution in [0.25, 0.3) is 11.1 Å². The molecule has 1 atom stereocenters. The number of nitrogen functional groups attached to an aromatic ring is 1. The number of rotatable bonds is 7. The molecule has 114 valence electrons. The van der Waals surface area contributed by atoms with Crippen LogP contribution in [-0.4, -0.2) is 17.3 Å². The molecule has 0 radical (unpaired) electrons. The first kappa shape index (κ1) is 15.4. The fourth-order valence-electron chi connectivity index (χ4n) is 2.75. The molecule has 0 fully saturated rings. The molecule has 0 spiro atoms. The highest BCUT2D eigenvalue weighted by Gasteiger charge is 2.20. The molecule has 4 nitrogen and oxygen atoms in total. The van der Waals surface area contributed by atoms with Gasteiger partial charge in [-0.25, -0.2) is 0 Å². The summed E-state index contributed by atoms with van der Waals surface area (Å²) in [6.45, 7) is 4.43. The van der Waals surface area contributed by atoms with E-state index in [0.29, 0.717) is 11.7 Å². The van der Waals surface area contributed by atoms with E-state index in [4.69, 9.17) is 10.5 Å². The van der Waals surface area contributed by atoms with Gasteiger partial charge in [-0.05, 0) is 30.5 Å². The standard InChI is InChI=1S/C17H25N3O/c1-4-6-8-12(5-2)16-15(17(18)20-19-16)13-9-7-10-14(11-13)21-3/h7,9-12H,4-6,8H2,1-3H3,(H3,18,19,20). The molecular formula is C17H25N3O. The molecule has 3 N–H and O–H groups in total. The van der Waals surface area contributed by atoms with E-state index in [-0.39, 0.29) is 0 Å². The molecule has 0 aliphatic carbocycles. The third kappa shape index (κ3) is 3.38. The predicted octanol–water partition coefficient (Wildman–Crippen LogP) is 4.35. The SMILES string of the molecule is CCCCC(CC)c1[nH]nc(N)c1-c1cccc(OC)c1. The van der Waals surface area contributed by atoms with Gasteiger partial charge in [0.05, 0.1) is 7.11 Å². The number of H-pyrrole nitrogens is 1. The van der Waals surface area contributed by atoms with E-state index in [0.717, 1.165) is 35.4 Å². The van der Waals surface area contributed by atoms with E-state index in [1.54, 1.807) is 7.11 Å². The normalized spacial score (nSPS) is 12.3. The Kier molecular flexibility index (Phi) is 5.26. The van der Waals surface area contributed by atoms with Crippen molar-refractivity contribution in [2.75, 3.05) is 12.8 Å². The van der Waals surface area contributed by atoms with Gasteiger partial charge in [-0.1, -0.05) is 38.8 Å². The maximum atomic E-state index is 6.10. The Morgan fingerprint density at radius 3 is 2.81 bits per heavy atom. The van der Waals surface area contributed by atoms with Gasteiger partial charge < -0.3 is 10.5 Å². The van der Waals surface area contributed by atoms with Crippen molar-refractivity contribution >= 4 is 5.82 Å². The Labute approximate surface area is 126 Å². The number of nitrogens with one attached hydrogen (secondary N) is 1. The Balaban J connectivity index is 2.40. The van der Waals surface area contributed by atoms with E-state index in [1.807, 2.05) is 18.2 Å². The second-order valence-electron chi connectivity index (χ2n) is 5.38. The van der Waals surface area contributed by atoms with Crippen LogP contribution in [0.4, 0.5) is 5.82 Å². The number of methoxy groups -OCH3 is 1. The van der Waals surface area contributed by atoms with Crippen LogP contribution in [0, 0.1) is 0 Å². The van der Waals surface area contributed by atoms with E-state index in [9.17, 15) is 0 Å². The molecule has 2 rings (SSSR count). The fourth-order valence-corrected chi connectivity index (χ4v) is 2.75. The predicted molar refractivity (Wildman–Crippen MR) is 87.5 cm³/mol. The smallest absolute Gasteiger partial charge is 0.153 e. The Bertz CT molecular complexity index is 577. The number of nitrogens with two attached hydrogens (primary N) is 1. The Morgan fingerprint density at radius 2 is 2.14 bits per heavy atom. The summed E-state index contributed by atoms with van der Waals surface area (Å²) >= 11 is 0. The number of hydrogen-bond donors (Lipinski definition) is 2. The monoisotopic (exact) mass is 287 g/mol. The Morgan fingerprint density at radius 1 is 1.33 bits per heavy atom.